The van der Waals surface area contributed by atoms with E-state index in [-0.39, 0.29) is 6.17 Å². The molecule has 0 radical (unpaired) electrons. The number of anilines is 3. The number of hydrogen-bond acceptors (Lipinski definition) is 2. The molecule has 0 aliphatic carbocycles. The van der Waals surface area contributed by atoms with Crippen molar-refractivity contribution in [3.63, 3.8) is 0 Å². The molecule has 0 aromatic heterocycles. The van der Waals surface area contributed by atoms with E-state index in [0.717, 1.165) is 17.1 Å². The van der Waals surface area contributed by atoms with E-state index in [1.807, 2.05) is 0 Å². The molecule has 1 N–H and O–H groups in total. The third-order valence-electron chi connectivity index (χ3n) is 10.6. The lowest BCUT2D eigenvalue weighted by molar-refractivity contribution is 0.828. The molecular weight excluding hydrogens is 641 g/mol. The Hall–Kier alpha value is -6.90. The van der Waals surface area contributed by atoms with Crippen LogP contribution in [-0.2, 0) is 0 Å². The van der Waals surface area contributed by atoms with E-state index in [0.29, 0.717) is 0 Å². The van der Waals surface area contributed by atoms with Crippen LogP contribution in [0.2, 0.25) is 0 Å². The Morgan fingerprint density at radius 1 is 0.340 bits per heavy atom. The zero-order valence-electron chi connectivity index (χ0n) is 29.2. The Labute approximate surface area is 310 Å². The van der Waals surface area contributed by atoms with Crippen LogP contribution in [0.25, 0.3) is 66.1 Å². The van der Waals surface area contributed by atoms with Crippen LogP contribution < -0.4 is 10.2 Å². The van der Waals surface area contributed by atoms with Crippen molar-refractivity contribution in [2.24, 2.45) is 0 Å². The minimum atomic E-state index is -0.0703. The van der Waals surface area contributed by atoms with Crippen LogP contribution in [0.15, 0.2) is 206 Å². The van der Waals surface area contributed by atoms with Crippen LogP contribution >= 0.6 is 0 Å². The fourth-order valence-electron chi connectivity index (χ4n) is 8.23. The molecule has 2 nitrogen and oxygen atoms in total. The fourth-order valence-corrected chi connectivity index (χ4v) is 8.23. The van der Waals surface area contributed by atoms with E-state index >= 15 is 0 Å². The highest BCUT2D eigenvalue weighted by Gasteiger charge is 2.32. The van der Waals surface area contributed by atoms with Crippen molar-refractivity contribution in [2.75, 3.05) is 10.2 Å². The number of hydrogen-bond donors (Lipinski definition) is 1. The molecule has 1 aliphatic heterocycles. The van der Waals surface area contributed by atoms with Gasteiger partial charge in [0.1, 0.15) is 6.17 Å². The first kappa shape index (κ1) is 30.9. The maximum atomic E-state index is 3.97. The number of nitrogens with one attached hydrogen (secondary N) is 1. The summed E-state index contributed by atoms with van der Waals surface area (Å²) in [6.07, 6.45) is -0.0703. The number of fused-ring (bicyclic) bond motifs is 3. The van der Waals surface area contributed by atoms with E-state index in [1.54, 1.807) is 0 Å². The quantitative estimate of drug-likeness (QED) is 0.176. The molecule has 1 heterocycles. The Morgan fingerprint density at radius 3 is 1.38 bits per heavy atom. The SMILES string of the molecule is c1ccc(-c2cccc(-c3c4ccccc4c(-c4ccc5c(c4)NC(c4cccc(-c6ccccc6)c4)N5c4ccccc4)c4ccccc34)c2)cc1. The first-order valence-corrected chi connectivity index (χ1v) is 18.3. The van der Waals surface area contributed by atoms with Gasteiger partial charge in [-0.15, -0.1) is 0 Å². The molecule has 9 aromatic carbocycles. The summed E-state index contributed by atoms with van der Waals surface area (Å²) >= 11 is 0. The monoisotopic (exact) mass is 676 g/mol. The maximum Gasteiger partial charge on any atom is 0.130 e. The van der Waals surface area contributed by atoms with E-state index in [2.05, 4.69) is 216 Å². The van der Waals surface area contributed by atoms with Crippen LogP contribution in [0.3, 0.4) is 0 Å². The topological polar surface area (TPSA) is 15.3 Å². The van der Waals surface area contributed by atoms with Crippen molar-refractivity contribution in [1.29, 1.82) is 0 Å². The summed E-state index contributed by atoms with van der Waals surface area (Å²) in [4.78, 5) is 2.43. The number of benzene rings is 9. The molecule has 0 saturated carbocycles. The highest BCUT2D eigenvalue weighted by Crippen LogP contribution is 2.50. The van der Waals surface area contributed by atoms with Gasteiger partial charge in [0.25, 0.3) is 0 Å². The summed E-state index contributed by atoms with van der Waals surface area (Å²) in [5.41, 5.74) is 14.5. The van der Waals surface area contributed by atoms with Crippen LogP contribution in [0.5, 0.6) is 0 Å². The molecule has 9 aromatic rings. The van der Waals surface area contributed by atoms with E-state index < -0.39 is 0 Å². The van der Waals surface area contributed by atoms with Gasteiger partial charge in [0.15, 0.2) is 0 Å². The van der Waals surface area contributed by atoms with Crippen molar-refractivity contribution in [3.8, 4) is 44.5 Å². The van der Waals surface area contributed by atoms with Crippen LogP contribution in [0.4, 0.5) is 17.1 Å². The van der Waals surface area contributed by atoms with Gasteiger partial charge >= 0.3 is 0 Å². The third kappa shape index (κ3) is 5.44. The number of para-hydroxylation sites is 1. The first-order chi connectivity index (χ1) is 26.3. The van der Waals surface area contributed by atoms with E-state index in [1.165, 1.54) is 71.6 Å². The van der Waals surface area contributed by atoms with E-state index in [4.69, 9.17) is 0 Å². The largest absolute Gasteiger partial charge is 0.359 e. The average molecular weight is 677 g/mol. The predicted octanol–water partition coefficient (Wildman–Crippen LogP) is 13.9. The van der Waals surface area contributed by atoms with Gasteiger partial charge in [0, 0.05) is 5.69 Å². The molecule has 0 amide bonds. The maximum absolute atomic E-state index is 3.97. The minimum absolute atomic E-state index is 0.0703. The Kier molecular flexibility index (Phi) is 7.58. The van der Waals surface area contributed by atoms with Crippen molar-refractivity contribution >= 4 is 38.6 Å². The van der Waals surface area contributed by atoms with Gasteiger partial charge < -0.3 is 10.2 Å². The van der Waals surface area contributed by atoms with Gasteiger partial charge in [0.05, 0.1) is 11.4 Å². The average Bonchev–Trinajstić information content (AvgIpc) is 3.63. The fraction of sp³-hybridized carbons (Fsp3) is 0.0196. The predicted molar refractivity (Wildman–Crippen MR) is 225 cm³/mol. The second kappa shape index (κ2) is 13.0. The molecular formula is C51H36N2. The lowest BCUT2D eigenvalue weighted by Gasteiger charge is -2.27. The summed E-state index contributed by atoms with van der Waals surface area (Å²) in [5.74, 6) is 0. The van der Waals surface area contributed by atoms with Crippen LogP contribution in [-0.4, -0.2) is 0 Å². The van der Waals surface area contributed by atoms with Crippen molar-refractivity contribution < 1.29 is 0 Å². The highest BCUT2D eigenvalue weighted by atomic mass is 15.3. The Morgan fingerprint density at radius 2 is 0.792 bits per heavy atom. The lowest BCUT2D eigenvalue weighted by Crippen LogP contribution is -2.23. The normalized spacial score (nSPS) is 13.6. The summed E-state index contributed by atoms with van der Waals surface area (Å²) in [7, 11) is 0. The van der Waals surface area contributed by atoms with Crippen LogP contribution in [0.1, 0.15) is 11.7 Å². The molecule has 0 saturated heterocycles. The summed E-state index contributed by atoms with van der Waals surface area (Å²) in [6, 6.07) is 74.7. The molecule has 2 heteroatoms. The zero-order chi connectivity index (χ0) is 35.1. The van der Waals surface area contributed by atoms with Gasteiger partial charge in [-0.2, -0.15) is 0 Å². The Bertz CT molecular complexity index is 2700. The molecule has 53 heavy (non-hydrogen) atoms. The molecule has 0 spiro atoms. The summed E-state index contributed by atoms with van der Waals surface area (Å²) < 4.78 is 0. The van der Waals surface area contributed by atoms with Crippen molar-refractivity contribution in [3.05, 3.63) is 212 Å². The molecule has 1 atom stereocenters. The smallest absolute Gasteiger partial charge is 0.130 e. The van der Waals surface area contributed by atoms with Gasteiger partial charge in [-0.25, -0.2) is 0 Å². The lowest BCUT2D eigenvalue weighted by atomic mass is 9.85. The third-order valence-corrected chi connectivity index (χ3v) is 10.6. The molecule has 0 fully saturated rings. The minimum Gasteiger partial charge on any atom is -0.359 e. The first-order valence-electron chi connectivity index (χ1n) is 18.3. The molecule has 250 valence electrons. The van der Waals surface area contributed by atoms with Gasteiger partial charge in [-0.1, -0.05) is 170 Å². The van der Waals surface area contributed by atoms with Gasteiger partial charge in [0.2, 0.25) is 0 Å². The second-order valence-corrected chi connectivity index (χ2v) is 13.8. The van der Waals surface area contributed by atoms with Crippen molar-refractivity contribution in [2.45, 2.75) is 6.17 Å². The Balaban J connectivity index is 1.13. The summed E-state index contributed by atoms with van der Waals surface area (Å²) in [6.45, 7) is 0. The van der Waals surface area contributed by atoms with Gasteiger partial charge in [-0.3, -0.25) is 0 Å². The van der Waals surface area contributed by atoms with Gasteiger partial charge in [-0.05, 0) is 108 Å². The molecule has 1 unspecified atom stereocenters. The van der Waals surface area contributed by atoms with Crippen LogP contribution in [0, 0.1) is 0 Å². The van der Waals surface area contributed by atoms with Crippen molar-refractivity contribution in [1.82, 2.24) is 0 Å². The number of nitrogens with zero attached hydrogens (tertiary/aromatic N) is 1. The number of rotatable bonds is 6. The molecule has 1 aliphatic rings. The zero-order valence-corrected chi connectivity index (χ0v) is 29.2. The highest BCUT2D eigenvalue weighted by molar-refractivity contribution is 6.21. The molecule has 10 rings (SSSR count). The second-order valence-electron chi connectivity index (χ2n) is 13.8. The summed E-state index contributed by atoms with van der Waals surface area (Å²) in [5, 5.41) is 8.96. The molecule has 0 bridgehead atoms. The van der Waals surface area contributed by atoms with E-state index in [9.17, 15) is 0 Å². The standard InChI is InChI=1S/C51H36N2/c1-4-16-35(17-5-1)37-20-14-22-39(32-37)49-43-26-10-12-28-45(43)50(46-29-13-11-27-44(46)49)40-30-31-48-47(34-40)52-51(53(48)42-24-8-3-9-25-42)41-23-15-21-38(33-41)36-18-6-2-7-19-36/h1-34,51-52H.